The van der Waals surface area contributed by atoms with E-state index in [1.165, 1.54) is 6.92 Å². The smallest absolute Gasteiger partial charge is 0.251 e. The molecule has 0 aliphatic carbocycles. The van der Waals surface area contributed by atoms with E-state index in [2.05, 4.69) is 27.8 Å². The van der Waals surface area contributed by atoms with Crippen LogP contribution in [0.5, 0.6) is 0 Å². The number of amides is 3. The Hall–Kier alpha value is -3.59. The molecular formula is C20H19N3O3. The van der Waals surface area contributed by atoms with Gasteiger partial charge in [-0.05, 0) is 36.4 Å². The average molecular weight is 349 g/mol. The lowest BCUT2D eigenvalue weighted by Crippen LogP contribution is -2.37. The predicted molar refractivity (Wildman–Crippen MR) is 99.4 cm³/mol. The van der Waals surface area contributed by atoms with Gasteiger partial charge in [0.05, 0.1) is 13.1 Å². The molecule has 0 fully saturated rings. The first-order valence-corrected chi connectivity index (χ1v) is 8.01. The van der Waals surface area contributed by atoms with Gasteiger partial charge in [0.2, 0.25) is 11.8 Å². The zero-order valence-electron chi connectivity index (χ0n) is 14.3. The van der Waals surface area contributed by atoms with Crippen LogP contribution in [0.2, 0.25) is 0 Å². The number of carbonyl (C=O) groups is 3. The molecule has 132 valence electrons. The topological polar surface area (TPSA) is 87.3 Å². The van der Waals surface area contributed by atoms with Gasteiger partial charge in [0, 0.05) is 23.7 Å². The molecule has 6 nitrogen and oxygen atoms in total. The number of carbonyl (C=O) groups excluding carboxylic acids is 3. The van der Waals surface area contributed by atoms with Crippen molar-refractivity contribution in [1.82, 2.24) is 10.6 Å². The van der Waals surface area contributed by atoms with E-state index in [0.717, 1.165) is 5.56 Å². The maximum Gasteiger partial charge on any atom is 0.251 e. The van der Waals surface area contributed by atoms with Crippen molar-refractivity contribution < 1.29 is 14.4 Å². The first kappa shape index (κ1) is 18.7. The summed E-state index contributed by atoms with van der Waals surface area (Å²) >= 11 is 0. The molecule has 2 aromatic carbocycles. The highest BCUT2D eigenvalue weighted by atomic mass is 16.2. The van der Waals surface area contributed by atoms with Crippen molar-refractivity contribution in [2.45, 2.75) is 6.92 Å². The van der Waals surface area contributed by atoms with E-state index in [-0.39, 0.29) is 30.8 Å². The van der Waals surface area contributed by atoms with Crippen molar-refractivity contribution in [3.05, 3.63) is 65.7 Å². The molecule has 0 bridgehead atoms. The van der Waals surface area contributed by atoms with Gasteiger partial charge in [-0.3, -0.25) is 14.4 Å². The molecule has 0 saturated heterocycles. The molecule has 0 radical (unpaired) electrons. The van der Waals surface area contributed by atoms with E-state index in [0.29, 0.717) is 11.3 Å². The number of hydrogen-bond donors (Lipinski definition) is 3. The average Bonchev–Trinajstić information content (AvgIpc) is 2.65. The van der Waals surface area contributed by atoms with Crippen LogP contribution in [0.4, 0.5) is 5.69 Å². The summed E-state index contributed by atoms with van der Waals surface area (Å²) in [6, 6.07) is 15.7. The molecule has 26 heavy (non-hydrogen) atoms. The first-order chi connectivity index (χ1) is 12.5. The predicted octanol–water partition coefficient (Wildman–Crippen LogP) is 1.54. The molecule has 0 spiro atoms. The summed E-state index contributed by atoms with van der Waals surface area (Å²) in [6.07, 6.45) is 0. The minimum Gasteiger partial charge on any atom is -0.344 e. The number of rotatable bonds is 5. The van der Waals surface area contributed by atoms with Crippen LogP contribution in [0.1, 0.15) is 22.8 Å². The lowest BCUT2D eigenvalue weighted by atomic mass is 10.2. The van der Waals surface area contributed by atoms with Gasteiger partial charge >= 0.3 is 0 Å². The lowest BCUT2D eigenvalue weighted by Gasteiger charge is -2.04. The third-order valence-corrected chi connectivity index (χ3v) is 3.26. The van der Waals surface area contributed by atoms with Crippen molar-refractivity contribution >= 4 is 23.4 Å². The number of anilines is 1. The highest BCUT2D eigenvalue weighted by Gasteiger charge is 2.06. The monoisotopic (exact) mass is 349 g/mol. The Morgan fingerprint density at radius 2 is 1.62 bits per heavy atom. The Morgan fingerprint density at radius 1 is 0.923 bits per heavy atom. The minimum absolute atomic E-state index is 0.110. The van der Waals surface area contributed by atoms with Gasteiger partial charge < -0.3 is 16.0 Å². The molecule has 2 rings (SSSR count). The second-order valence-corrected chi connectivity index (χ2v) is 5.39. The summed E-state index contributed by atoms with van der Waals surface area (Å²) in [4.78, 5) is 34.5. The zero-order chi connectivity index (χ0) is 18.8. The van der Waals surface area contributed by atoms with Gasteiger partial charge in [0.25, 0.3) is 5.91 Å². The third kappa shape index (κ3) is 6.49. The van der Waals surface area contributed by atoms with Crippen LogP contribution in [0.15, 0.2) is 54.6 Å². The molecule has 2 aromatic rings. The van der Waals surface area contributed by atoms with Gasteiger partial charge in [-0.1, -0.05) is 30.0 Å². The third-order valence-electron chi connectivity index (χ3n) is 3.26. The summed E-state index contributed by atoms with van der Waals surface area (Å²) in [5.74, 6) is 4.99. The van der Waals surface area contributed by atoms with Crippen LogP contribution < -0.4 is 16.0 Å². The van der Waals surface area contributed by atoms with Crippen molar-refractivity contribution in [2.24, 2.45) is 0 Å². The minimum atomic E-state index is -0.315. The number of hydrogen-bond acceptors (Lipinski definition) is 3. The van der Waals surface area contributed by atoms with Crippen LogP contribution >= 0.6 is 0 Å². The summed E-state index contributed by atoms with van der Waals surface area (Å²) in [5.41, 5.74) is 1.97. The van der Waals surface area contributed by atoms with Crippen LogP contribution in [0, 0.1) is 11.8 Å². The number of benzene rings is 2. The largest absolute Gasteiger partial charge is 0.344 e. The maximum atomic E-state index is 11.8. The van der Waals surface area contributed by atoms with E-state index >= 15 is 0 Å². The Morgan fingerprint density at radius 3 is 2.27 bits per heavy atom. The standard InChI is InChI=1S/C20H19N3O3/c1-15(24)23-18-11-9-16(10-12-18)6-5-13-21-19(25)14-22-20(26)17-7-3-2-4-8-17/h2-4,7-12H,13-14H2,1H3,(H,21,25)(H,22,26)(H,23,24). The second kappa shape index (κ2) is 9.64. The Kier molecular flexibility index (Phi) is 6.95. The Balaban J connectivity index is 1.72. The fourth-order valence-corrected chi connectivity index (χ4v) is 2.04. The molecule has 6 heteroatoms. The van der Waals surface area contributed by atoms with Crippen molar-refractivity contribution in [2.75, 3.05) is 18.4 Å². The molecule has 0 aromatic heterocycles. The van der Waals surface area contributed by atoms with Gasteiger partial charge in [0.15, 0.2) is 0 Å². The molecule has 0 atom stereocenters. The Bertz CT molecular complexity index is 834. The fourth-order valence-electron chi connectivity index (χ4n) is 2.04. The van der Waals surface area contributed by atoms with Gasteiger partial charge in [-0.25, -0.2) is 0 Å². The molecule has 0 unspecified atom stereocenters. The van der Waals surface area contributed by atoms with Gasteiger partial charge in [-0.15, -0.1) is 0 Å². The highest BCUT2D eigenvalue weighted by Crippen LogP contribution is 2.08. The van der Waals surface area contributed by atoms with E-state index < -0.39 is 0 Å². The zero-order valence-corrected chi connectivity index (χ0v) is 14.3. The van der Waals surface area contributed by atoms with E-state index in [1.807, 2.05) is 6.07 Å². The second-order valence-electron chi connectivity index (χ2n) is 5.39. The quantitative estimate of drug-likeness (QED) is 0.716. The summed E-state index contributed by atoms with van der Waals surface area (Å²) in [6.45, 7) is 1.51. The molecular weight excluding hydrogens is 330 g/mol. The maximum absolute atomic E-state index is 11.8. The number of nitrogens with one attached hydrogen (secondary N) is 3. The molecule has 0 aliphatic heterocycles. The van der Waals surface area contributed by atoms with Crippen molar-refractivity contribution in [3.8, 4) is 11.8 Å². The molecule has 3 amide bonds. The summed E-state index contributed by atoms with van der Waals surface area (Å²) in [5, 5.41) is 7.83. The summed E-state index contributed by atoms with van der Waals surface area (Å²) in [7, 11) is 0. The normalized spacial score (nSPS) is 9.42. The summed E-state index contributed by atoms with van der Waals surface area (Å²) < 4.78 is 0. The molecule has 0 saturated carbocycles. The van der Waals surface area contributed by atoms with Crippen molar-refractivity contribution in [1.29, 1.82) is 0 Å². The van der Waals surface area contributed by atoms with Crippen LogP contribution in [-0.2, 0) is 9.59 Å². The van der Waals surface area contributed by atoms with Gasteiger partial charge in [0.1, 0.15) is 0 Å². The van der Waals surface area contributed by atoms with E-state index in [1.54, 1.807) is 48.5 Å². The van der Waals surface area contributed by atoms with E-state index in [4.69, 9.17) is 0 Å². The molecule has 3 N–H and O–H groups in total. The van der Waals surface area contributed by atoms with Gasteiger partial charge in [-0.2, -0.15) is 0 Å². The highest BCUT2D eigenvalue weighted by molar-refractivity contribution is 5.96. The van der Waals surface area contributed by atoms with Crippen molar-refractivity contribution in [3.63, 3.8) is 0 Å². The van der Waals surface area contributed by atoms with Crippen LogP contribution in [-0.4, -0.2) is 30.8 Å². The van der Waals surface area contributed by atoms with Crippen LogP contribution in [0.3, 0.4) is 0 Å². The fraction of sp³-hybridized carbons (Fsp3) is 0.150. The van der Waals surface area contributed by atoms with Crippen LogP contribution in [0.25, 0.3) is 0 Å². The lowest BCUT2D eigenvalue weighted by molar-refractivity contribution is -0.120. The van der Waals surface area contributed by atoms with E-state index in [9.17, 15) is 14.4 Å². The Labute approximate surface area is 152 Å². The SMILES string of the molecule is CC(=O)Nc1ccc(C#CCNC(=O)CNC(=O)c2ccccc2)cc1. The molecule has 0 aliphatic rings. The molecule has 0 heterocycles. The first-order valence-electron chi connectivity index (χ1n) is 8.01.